The number of carbonyl (C=O) groups is 2. The number of benzene rings is 1. The van der Waals surface area contributed by atoms with E-state index in [0.717, 1.165) is 17.3 Å². The lowest BCUT2D eigenvalue weighted by Crippen LogP contribution is -2.16. The van der Waals surface area contributed by atoms with Gasteiger partial charge in [-0.05, 0) is 24.6 Å². The molecule has 6 heteroatoms. The number of aliphatic carboxylic acids is 1. The second-order valence-electron chi connectivity index (χ2n) is 3.58. The molecule has 0 radical (unpaired) electrons. The molecule has 0 aliphatic heterocycles. The third kappa shape index (κ3) is 4.47. The van der Waals surface area contributed by atoms with E-state index in [2.05, 4.69) is 5.32 Å². The number of nitrogens with one attached hydrogen (secondary N) is 1. The molecule has 1 aromatic carbocycles. The van der Waals surface area contributed by atoms with Crippen LogP contribution in [-0.4, -0.2) is 28.5 Å². The summed E-state index contributed by atoms with van der Waals surface area (Å²) >= 11 is 1.03. The Morgan fingerprint density at radius 2 is 2.17 bits per heavy atom. The molecule has 0 aromatic heterocycles. The number of carboxylic acids is 1. The molecule has 18 heavy (non-hydrogen) atoms. The minimum Gasteiger partial charge on any atom is -0.481 e. The number of hydrogen-bond donors (Lipinski definition) is 2. The number of thioether (sulfide) groups is 1. The van der Waals surface area contributed by atoms with Crippen LogP contribution in [0.5, 0.6) is 0 Å². The summed E-state index contributed by atoms with van der Waals surface area (Å²) in [5, 5.41) is 19.9. The summed E-state index contributed by atoms with van der Waals surface area (Å²) in [4.78, 5) is 21.8. The Morgan fingerprint density at radius 3 is 2.78 bits per heavy atom. The Morgan fingerprint density at radius 1 is 1.44 bits per heavy atom. The molecule has 0 fully saturated rings. The topological polar surface area (TPSA) is 90.2 Å². The molecule has 0 saturated heterocycles. The number of hydrogen-bond acceptors (Lipinski definition) is 4. The predicted octanol–water partition coefficient (Wildman–Crippen LogP) is 1.62. The van der Waals surface area contributed by atoms with Crippen LogP contribution in [0.15, 0.2) is 18.2 Å². The Labute approximate surface area is 109 Å². The zero-order valence-corrected chi connectivity index (χ0v) is 10.6. The molecular weight excluding hydrogens is 252 g/mol. The maximum atomic E-state index is 11.5. The molecule has 0 spiro atoms. The van der Waals surface area contributed by atoms with Gasteiger partial charge in [-0.1, -0.05) is 6.07 Å². The van der Waals surface area contributed by atoms with Crippen molar-refractivity contribution in [1.29, 1.82) is 5.26 Å². The highest BCUT2D eigenvalue weighted by molar-refractivity contribution is 8.00. The van der Waals surface area contributed by atoms with Gasteiger partial charge in [0.15, 0.2) is 0 Å². The van der Waals surface area contributed by atoms with Gasteiger partial charge < -0.3 is 10.4 Å². The van der Waals surface area contributed by atoms with E-state index in [4.69, 9.17) is 10.4 Å². The van der Waals surface area contributed by atoms with Crippen molar-refractivity contribution in [3.63, 3.8) is 0 Å². The lowest BCUT2D eigenvalue weighted by Gasteiger charge is -2.08. The summed E-state index contributed by atoms with van der Waals surface area (Å²) in [5.74, 6) is -1.26. The molecule has 0 aliphatic rings. The molecule has 1 rings (SSSR count). The van der Waals surface area contributed by atoms with Crippen molar-refractivity contribution in [1.82, 2.24) is 0 Å². The highest BCUT2D eigenvalue weighted by Gasteiger charge is 2.07. The van der Waals surface area contributed by atoms with E-state index in [0.29, 0.717) is 11.3 Å². The highest BCUT2D eigenvalue weighted by atomic mass is 32.2. The van der Waals surface area contributed by atoms with E-state index in [-0.39, 0.29) is 17.4 Å². The fraction of sp³-hybridized carbons (Fsp3) is 0.250. The Balaban J connectivity index is 2.59. The fourth-order valence-electron chi connectivity index (χ4n) is 1.24. The molecule has 0 aliphatic carbocycles. The normalized spacial score (nSPS) is 9.56. The summed E-state index contributed by atoms with van der Waals surface area (Å²) < 4.78 is 0. The van der Waals surface area contributed by atoms with Crippen molar-refractivity contribution >= 4 is 29.3 Å². The van der Waals surface area contributed by atoms with Crippen molar-refractivity contribution in [3.05, 3.63) is 29.3 Å². The number of nitrogens with zero attached hydrogens (tertiary/aromatic N) is 1. The van der Waals surface area contributed by atoms with Crippen LogP contribution in [0.25, 0.3) is 0 Å². The van der Waals surface area contributed by atoms with Gasteiger partial charge in [0.25, 0.3) is 0 Å². The number of aryl methyl sites for hydroxylation is 1. The van der Waals surface area contributed by atoms with Crippen LogP contribution in [0.3, 0.4) is 0 Å². The van der Waals surface area contributed by atoms with Gasteiger partial charge in [0, 0.05) is 5.69 Å². The molecule has 1 aromatic rings. The average Bonchev–Trinajstić information content (AvgIpc) is 2.31. The van der Waals surface area contributed by atoms with Gasteiger partial charge in [-0.3, -0.25) is 9.59 Å². The van der Waals surface area contributed by atoms with Crippen LogP contribution >= 0.6 is 11.8 Å². The van der Waals surface area contributed by atoms with E-state index in [1.54, 1.807) is 18.2 Å². The summed E-state index contributed by atoms with van der Waals surface area (Å²) in [7, 11) is 0. The number of anilines is 1. The largest absolute Gasteiger partial charge is 0.481 e. The summed E-state index contributed by atoms with van der Waals surface area (Å²) in [6.07, 6.45) is 0. The van der Waals surface area contributed by atoms with Crippen molar-refractivity contribution < 1.29 is 14.7 Å². The minimum absolute atomic E-state index is 0.0719. The van der Waals surface area contributed by atoms with Crippen molar-refractivity contribution in [2.75, 3.05) is 16.8 Å². The summed E-state index contributed by atoms with van der Waals surface area (Å²) in [5.41, 5.74) is 1.90. The predicted molar refractivity (Wildman–Crippen MR) is 69.5 cm³/mol. The van der Waals surface area contributed by atoms with E-state index in [1.807, 2.05) is 13.0 Å². The second kappa shape index (κ2) is 6.67. The molecule has 0 saturated carbocycles. The number of carbonyl (C=O) groups excluding carboxylic acids is 1. The second-order valence-corrected chi connectivity index (χ2v) is 4.56. The molecule has 0 bridgehead atoms. The van der Waals surface area contributed by atoms with E-state index >= 15 is 0 Å². The molecular formula is C12H12N2O3S. The van der Waals surface area contributed by atoms with E-state index in [1.165, 1.54) is 0 Å². The zero-order valence-electron chi connectivity index (χ0n) is 9.77. The number of nitriles is 1. The molecule has 94 valence electrons. The van der Waals surface area contributed by atoms with Gasteiger partial charge in [0.2, 0.25) is 5.91 Å². The maximum absolute atomic E-state index is 11.5. The smallest absolute Gasteiger partial charge is 0.313 e. The van der Waals surface area contributed by atoms with E-state index in [9.17, 15) is 9.59 Å². The Hall–Kier alpha value is -2.00. The van der Waals surface area contributed by atoms with Gasteiger partial charge in [-0.2, -0.15) is 5.26 Å². The Bertz CT molecular complexity index is 509. The van der Waals surface area contributed by atoms with E-state index < -0.39 is 5.97 Å². The average molecular weight is 264 g/mol. The van der Waals surface area contributed by atoms with Crippen LogP contribution in [0, 0.1) is 18.3 Å². The van der Waals surface area contributed by atoms with Crippen LogP contribution < -0.4 is 5.32 Å². The Kier molecular flexibility index (Phi) is 5.21. The first-order valence-corrected chi connectivity index (χ1v) is 6.28. The number of carboxylic acid groups (broad SMARTS) is 1. The van der Waals surface area contributed by atoms with Gasteiger partial charge in [-0.15, -0.1) is 11.8 Å². The standard InChI is InChI=1S/C12H12N2O3S/c1-8-2-3-9(5-13)4-10(8)14-11(15)6-18-7-12(16)17/h2-4H,6-7H2,1H3,(H,14,15)(H,16,17). The van der Waals surface area contributed by atoms with Gasteiger partial charge in [-0.25, -0.2) is 0 Å². The number of amides is 1. The third-order valence-corrected chi connectivity index (χ3v) is 3.02. The van der Waals surface area contributed by atoms with Gasteiger partial charge >= 0.3 is 5.97 Å². The van der Waals surface area contributed by atoms with Crippen LogP contribution in [0.2, 0.25) is 0 Å². The number of rotatable bonds is 5. The first kappa shape index (κ1) is 14.1. The molecule has 0 heterocycles. The summed E-state index contributed by atoms with van der Waals surface area (Å²) in [6, 6.07) is 7.00. The highest BCUT2D eigenvalue weighted by Crippen LogP contribution is 2.16. The lowest BCUT2D eigenvalue weighted by atomic mass is 10.1. The SMILES string of the molecule is Cc1ccc(C#N)cc1NC(=O)CSCC(=O)O. The van der Waals surface area contributed by atoms with Crippen LogP contribution in [0.1, 0.15) is 11.1 Å². The van der Waals surface area contributed by atoms with Crippen molar-refractivity contribution in [2.45, 2.75) is 6.92 Å². The monoisotopic (exact) mass is 264 g/mol. The van der Waals surface area contributed by atoms with Crippen LogP contribution in [-0.2, 0) is 9.59 Å². The third-order valence-electron chi connectivity index (χ3n) is 2.10. The summed E-state index contributed by atoms with van der Waals surface area (Å²) in [6.45, 7) is 1.82. The lowest BCUT2D eigenvalue weighted by molar-refractivity contribution is -0.133. The molecule has 0 atom stereocenters. The molecule has 2 N–H and O–H groups in total. The fourth-order valence-corrected chi connectivity index (χ4v) is 1.78. The quantitative estimate of drug-likeness (QED) is 0.843. The molecule has 1 amide bonds. The zero-order chi connectivity index (χ0) is 13.5. The van der Waals surface area contributed by atoms with Crippen molar-refractivity contribution in [3.8, 4) is 6.07 Å². The first-order chi connectivity index (χ1) is 8.52. The van der Waals surface area contributed by atoms with Crippen LogP contribution in [0.4, 0.5) is 5.69 Å². The maximum Gasteiger partial charge on any atom is 0.313 e. The molecule has 0 unspecified atom stereocenters. The van der Waals surface area contributed by atoms with Gasteiger partial charge in [0.05, 0.1) is 23.1 Å². The van der Waals surface area contributed by atoms with Gasteiger partial charge in [0.1, 0.15) is 0 Å². The minimum atomic E-state index is -0.949. The molecule has 5 nitrogen and oxygen atoms in total. The van der Waals surface area contributed by atoms with Crippen molar-refractivity contribution in [2.24, 2.45) is 0 Å². The first-order valence-electron chi connectivity index (χ1n) is 5.13.